The first-order valence-electron chi connectivity index (χ1n) is 8.27. The second kappa shape index (κ2) is 9.28. The number of alkyl halides is 2. The molecule has 1 aliphatic rings. The zero-order chi connectivity index (χ0) is 18.4. The molecule has 2 aromatic carbocycles. The van der Waals surface area contributed by atoms with Crippen molar-refractivity contribution in [3.05, 3.63) is 65.2 Å². The molecule has 0 aromatic heterocycles. The maximum Gasteiger partial charge on any atom is 0.387 e. The summed E-state index contributed by atoms with van der Waals surface area (Å²) in [5.41, 5.74) is 2.27. The Bertz CT molecular complexity index is 735. The van der Waals surface area contributed by atoms with E-state index in [2.05, 4.69) is 10.1 Å². The van der Waals surface area contributed by atoms with E-state index in [1.807, 2.05) is 47.8 Å². The fraction of sp³-hybridized carbons (Fsp3) is 0.316. The minimum absolute atomic E-state index is 0.0736. The molecule has 138 valence electrons. The highest BCUT2D eigenvalue weighted by molar-refractivity contribution is 8.16. The van der Waals surface area contributed by atoms with Gasteiger partial charge < -0.3 is 10.1 Å². The summed E-state index contributed by atoms with van der Waals surface area (Å²) in [5.74, 6) is 2.16. The van der Waals surface area contributed by atoms with Crippen molar-refractivity contribution < 1.29 is 18.3 Å². The van der Waals surface area contributed by atoms with Gasteiger partial charge in [0.1, 0.15) is 5.75 Å². The quantitative estimate of drug-likeness (QED) is 0.740. The lowest BCUT2D eigenvalue weighted by Gasteiger charge is -2.21. The smallest absolute Gasteiger partial charge is 0.387 e. The van der Waals surface area contributed by atoms with Crippen LogP contribution in [0.4, 0.5) is 8.78 Å². The number of ether oxygens (including phenoxy) is 1. The molecule has 0 spiro atoms. The Labute approximate surface area is 159 Å². The normalized spacial score (nSPS) is 15.0. The number of rotatable bonds is 6. The first-order valence-corrected chi connectivity index (χ1v) is 10.4. The van der Waals surface area contributed by atoms with Crippen LogP contribution >= 0.6 is 23.5 Å². The van der Waals surface area contributed by atoms with Crippen LogP contribution in [0.25, 0.3) is 0 Å². The third-order valence-electron chi connectivity index (χ3n) is 3.90. The molecule has 1 saturated heterocycles. The molecule has 1 N–H and O–H groups in total. The summed E-state index contributed by atoms with van der Waals surface area (Å²) in [6.45, 7) is -2.77. The number of para-hydroxylation sites is 1. The van der Waals surface area contributed by atoms with Gasteiger partial charge in [-0.2, -0.15) is 8.78 Å². The monoisotopic (exact) mass is 395 g/mol. The van der Waals surface area contributed by atoms with Gasteiger partial charge >= 0.3 is 6.61 Å². The van der Waals surface area contributed by atoms with Gasteiger partial charge in [-0.15, -0.1) is 23.5 Å². The zero-order valence-electron chi connectivity index (χ0n) is 14.0. The molecule has 1 aliphatic heterocycles. The average molecular weight is 395 g/mol. The maximum atomic E-state index is 12.4. The van der Waals surface area contributed by atoms with E-state index in [1.54, 1.807) is 18.2 Å². The van der Waals surface area contributed by atoms with Gasteiger partial charge in [-0.1, -0.05) is 30.3 Å². The Morgan fingerprint density at radius 2 is 1.81 bits per heavy atom. The van der Waals surface area contributed by atoms with Crippen LogP contribution in [-0.2, 0) is 6.54 Å². The lowest BCUT2D eigenvalue weighted by Crippen LogP contribution is -2.23. The van der Waals surface area contributed by atoms with E-state index in [0.29, 0.717) is 15.7 Å². The Morgan fingerprint density at radius 1 is 1.12 bits per heavy atom. The van der Waals surface area contributed by atoms with Crippen LogP contribution in [0.5, 0.6) is 5.75 Å². The van der Waals surface area contributed by atoms with Crippen LogP contribution < -0.4 is 10.1 Å². The van der Waals surface area contributed by atoms with Crippen molar-refractivity contribution in [3.8, 4) is 5.75 Å². The lowest BCUT2D eigenvalue weighted by molar-refractivity contribution is -0.0504. The first-order chi connectivity index (χ1) is 12.6. The zero-order valence-corrected chi connectivity index (χ0v) is 15.6. The largest absolute Gasteiger partial charge is 0.434 e. The number of halogens is 2. The van der Waals surface area contributed by atoms with Gasteiger partial charge in [0.15, 0.2) is 0 Å². The molecule has 3 rings (SSSR count). The Balaban J connectivity index is 1.60. The van der Waals surface area contributed by atoms with E-state index in [9.17, 15) is 13.6 Å². The molecule has 7 heteroatoms. The molecule has 26 heavy (non-hydrogen) atoms. The van der Waals surface area contributed by atoms with E-state index in [-0.39, 0.29) is 18.2 Å². The van der Waals surface area contributed by atoms with Gasteiger partial charge in [-0.25, -0.2) is 0 Å². The second-order valence-electron chi connectivity index (χ2n) is 5.72. The molecule has 3 nitrogen and oxygen atoms in total. The van der Waals surface area contributed by atoms with Gasteiger partial charge in [0.25, 0.3) is 5.91 Å². The predicted molar refractivity (Wildman–Crippen MR) is 103 cm³/mol. The van der Waals surface area contributed by atoms with Gasteiger partial charge in [-0.3, -0.25) is 4.79 Å². The summed E-state index contributed by atoms with van der Waals surface area (Å²) in [6.07, 6.45) is 1.24. The van der Waals surface area contributed by atoms with Crippen LogP contribution in [-0.4, -0.2) is 24.0 Å². The summed E-state index contributed by atoms with van der Waals surface area (Å²) in [7, 11) is 0. The van der Waals surface area contributed by atoms with Crippen molar-refractivity contribution in [1.82, 2.24) is 5.32 Å². The second-order valence-corrected chi connectivity index (χ2v) is 8.44. The highest BCUT2D eigenvalue weighted by atomic mass is 32.2. The van der Waals surface area contributed by atoms with E-state index < -0.39 is 6.61 Å². The Hall–Kier alpha value is -1.73. The van der Waals surface area contributed by atoms with Crippen molar-refractivity contribution in [3.63, 3.8) is 0 Å². The summed E-state index contributed by atoms with van der Waals surface area (Å²) in [5, 5.41) is 2.75. The van der Waals surface area contributed by atoms with Crippen LogP contribution in [0.3, 0.4) is 0 Å². The summed E-state index contributed by atoms with van der Waals surface area (Å²) >= 11 is 3.86. The molecule has 0 radical (unpaired) electrons. The topological polar surface area (TPSA) is 38.3 Å². The minimum atomic E-state index is -2.89. The molecule has 2 aromatic rings. The van der Waals surface area contributed by atoms with Crippen molar-refractivity contribution in [2.24, 2.45) is 0 Å². The predicted octanol–water partition coefficient (Wildman–Crippen LogP) is 5.09. The summed E-state index contributed by atoms with van der Waals surface area (Å²) < 4.78 is 29.8. The summed E-state index contributed by atoms with van der Waals surface area (Å²) in [6, 6.07) is 14.0. The molecule has 0 atom stereocenters. The Morgan fingerprint density at radius 3 is 2.50 bits per heavy atom. The van der Waals surface area contributed by atoms with Crippen LogP contribution in [0, 0.1) is 0 Å². The molecule has 0 bridgehead atoms. The molecular weight excluding hydrogens is 376 g/mol. The van der Waals surface area contributed by atoms with Crippen molar-refractivity contribution >= 4 is 29.4 Å². The van der Waals surface area contributed by atoms with Gasteiger partial charge in [0.05, 0.1) is 4.58 Å². The minimum Gasteiger partial charge on any atom is -0.434 e. The van der Waals surface area contributed by atoms with E-state index >= 15 is 0 Å². The van der Waals surface area contributed by atoms with Crippen LogP contribution in [0.1, 0.15) is 32.5 Å². The first kappa shape index (κ1) is 19.0. The SMILES string of the molecule is O=C(NCc1ccccc1OC(F)F)c1ccc(C2SCCCS2)cc1. The molecule has 0 aliphatic carbocycles. The number of hydrogen-bond donors (Lipinski definition) is 1. The highest BCUT2D eigenvalue weighted by Crippen LogP contribution is 2.43. The fourth-order valence-corrected chi connectivity index (χ4v) is 5.50. The third kappa shape index (κ3) is 5.14. The van der Waals surface area contributed by atoms with E-state index in [0.717, 1.165) is 0 Å². The molecule has 0 saturated carbocycles. The van der Waals surface area contributed by atoms with Crippen molar-refractivity contribution in [1.29, 1.82) is 0 Å². The van der Waals surface area contributed by atoms with E-state index in [1.165, 1.54) is 29.6 Å². The average Bonchev–Trinajstić information content (AvgIpc) is 2.67. The lowest BCUT2D eigenvalue weighted by atomic mass is 10.1. The number of carbonyl (C=O) groups is 1. The summed E-state index contributed by atoms with van der Waals surface area (Å²) in [4.78, 5) is 12.3. The molecule has 1 heterocycles. The number of thioether (sulfide) groups is 2. The van der Waals surface area contributed by atoms with Gasteiger partial charge in [0.2, 0.25) is 0 Å². The van der Waals surface area contributed by atoms with Gasteiger partial charge in [-0.05, 0) is 41.7 Å². The molecule has 1 amide bonds. The Kier molecular flexibility index (Phi) is 6.80. The van der Waals surface area contributed by atoms with Crippen LogP contribution in [0.15, 0.2) is 48.5 Å². The molecule has 1 fully saturated rings. The van der Waals surface area contributed by atoms with Crippen LogP contribution in [0.2, 0.25) is 0 Å². The standard InChI is InChI=1S/C19H19F2NO2S2/c20-19(21)24-16-5-2-1-4-15(16)12-22-17(23)13-6-8-14(9-7-13)18-25-10-3-11-26-18/h1-2,4-9,18-19H,3,10-12H2,(H,22,23). The third-order valence-corrected chi connectivity index (χ3v) is 6.92. The van der Waals surface area contributed by atoms with E-state index in [4.69, 9.17) is 0 Å². The number of carbonyl (C=O) groups excluding carboxylic acids is 1. The number of benzene rings is 2. The maximum absolute atomic E-state index is 12.4. The molecular formula is C19H19F2NO2S2. The number of hydrogen-bond acceptors (Lipinski definition) is 4. The number of nitrogens with one attached hydrogen (secondary N) is 1. The highest BCUT2D eigenvalue weighted by Gasteiger charge is 2.17. The number of amides is 1. The fourth-order valence-electron chi connectivity index (χ4n) is 2.61. The molecule has 0 unspecified atom stereocenters. The van der Waals surface area contributed by atoms with Gasteiger partial charge in [0, 0.05) is 17.7 Å². The van der Waals surface area contributed by atoms with Crippen molar-refractivity contribution in [2.75, 3.05) is 11.5 Å². The van der Waals surface area contributed by atoms with Crippen molar-refractivity contribution in [2.45, 2.75) is 24.2 Å².